The Hall–Kier alpha value is -0.970. The van der Waals surface area contributed by atoms with Crippen LogP contribution in [0.3, 0.4) is 0 Å². The lowest BCUT2D eigenvalue weighted by Crippen LogP contribution is -2.30. The number of β-amino-alcohol motifs (C(OH)–C–C–N with tert-alkyl or cyclic N) is 1. The molecular formula is C12H19N3O. The van der Waals surface area contributed by atoms with Gasteiger partial charge in [-0.1, -0.05) is 6.07 Å². The zero-order chi connectivity index (χ0) is 11.4. The molecule has 1 aliphatic heterocycles. The molecule has 0 spiro atoms. The van der Waals surface area contributed by atoms with E-state index in [4.69, 9.17) is 0 Å². The number of aliphatic hydroxyl groups excluding tert-OH is 1. The highest BCUT2D eigenvalue weighted by Gasteiger charge is 2.23. The van der Waals surface area contributed by atoms with E-state index in [1.54, 1.807) is 0 Å². The molecule has 1 fully saturated rings. The molecular weight excluding hydrogens is 202 g/mol. The van der Waals surface area contributed by atoms with Gasteiger partial charge >= 0.3 is 0 Å². The molecule has 2 rings (SSSR count). The van der Waals surface area contributed by atoms with Crippen LogP contribution in [0.25, 0.3) is 0 Å². The quantitative estimate of drug-likeness (QED) is 0.673. The van der Waals surface area contributed by atoms with E-state index in [2.05, 4.69) is 21.7 Å². The normalized spacial score (nSPS) is 24.9. The molecule has 0 radical (unpaired) electrons. The molecule has 0 bridgehead atoms. The van der Waals surface area contributed by atoms with Crippen LogP contribution in [0.2, 0.25) is 0 Å². The summed E-state index contributed by atoms with van der Waals surface area (Å²) in [6.45, 7) is 5.31. The van der Waals surface area contributed by atoms with E-state index in [1.165, 1.54) is 5.56 Å². The number of pyridine rings is 1. The van der Waals surface area contributed by atoms with E-state index >= 15 is 0 Å². The van der Waals surface area contributed by atoms with Gasteiger partial charge in [0.15, 0.2) is 0 Å². The third-order valence-corrected chi connectivity index (χ3v) is 3.14. The molecule has 0 saturated carbocycles. The van der Waals surface area contributed by atoms with Gasteiger partial charge < -0.3 is 15.7 Å². The summed E-state index contributed by atoms with van der Waals surface area (Å²) in [6.07, 6.45) is 1.60. The molecule has 1 aliphatic rings. The van der Waals surface area contributed by atoms with Crippen LogP contribution >= 0.6 is 0 Å². The van der Waals surface area contributed by atoms with Gasteiger partial charge in [-0.05, 0) is 18.6 Å². The number of rotatable bonds is 4. The van der Waals surface area contributed by atoms with Crippen molar-refractivity contribution in [2.45, 2.75) is 19.6 Å². The van der Waals surface area contributed by atoms with Crippen molar-refractivity contribution in [3.8, 4) is 0 Å². The number of hydrogen-bond donors (Lipinski definition) is 3. The number of aliphatic hydroxyl groups is 1. The largest absolute Gasteiger partial charge is 0.391 e. The van der Waals surface area contributed by atoms with Gasteiger partial charge in [0.05, 0.1) is 6.10 Å². The fourth-order valence-electron chi connectivity index (χ4n) is 2.02. The topological polar surface area (TPSA) is 57.2 Å². The van der Waals surface area contributed by atoms with E-state index < -0.39 is 0 Å². The van der Waals surface area contributed by atoms with Crippen LogP contribution in [-0.4, -0.2) is 35.8 Å². The Labute approximate surface area is 96.1 Å². The molecule has 88 valence electrons. The maximum absolute atomic E-state index is 9.63. The first kappa shape index (κ1) is 11.5. The van der Waals surface area contributed by atoms with Gasteiger partial charge in [0.25, 0.3) is 0 Å². The maximum Gasteiger partial charge on any atom is 0.0716 e. The zero-order valence-electron chi connectivity index (χ0n) is 9.61. The van der Waals surface area contributed by atoms with Crippen LogP contribution in [0, 0.1) is 12.8 Å². The molecule has 1 aromatic rings. The monoisotopic (exact) mass is 221 g/mol. The first-order valence-electron chi connectivity index (χ1n) is 5.77. The van der Waals surface area contributed by atoms with Crippen molar-refractivity contribution in [1.82, 2.24) is 15.6 Å². The molecule has 2 unspecified atom stereocenters. The summed E-state index contributed by atoms with van der Waals surface area (Å²) >= 11 is 0. The number of hydrogen-bond acceptors (Lipinski definition) is 4. The highest BCUT2D eigenvalue weighted by Crippen LogP contribution is 2.08. The predicted molar refractivity (Wildman–Crippen MR) is 63.0 cm³/mol. The number of aromatic nitrogens is 1. The van der Waals surface area contributed by atoms with E-state index in [0.29, 0.717) is 5.92 Å². The maximum atomic E-state index is 9.63. The average molecular weight is 221 g/mol. The molecule has 2 atom stereocenters. The molecule has 2 heterocycles. The zero-order valence-corrected chi connectivity index (χ0v) is 9.61. The second-order valence-corrected chi connectivity index (χ2v) is 4.36. The number of nitrogens with zero attached hydrogens (tertiary/aromatic N) is 1. The van der Waals surface area contributed by atoms with Crippen LogP contribution < -0.4 is 10.6 Å². The highest BCUT2D eigenvalue weighted by molar-refractivity contribution is 5.17. The first-order chi connectivity index (χ1) is 7.77. The van der Waals surface area contributed by atoms with Gasteiger partial charge in [-0.15, -0.1) is 0 Å². The summed E-state index contributed by atoms with van der Waals surface area (Å²) < 4.78 is 0. The lowest BCUT2D eigenvalue weighted by Gasteiger charge is -2.14. The standard InChI is InChI=1S/C12H19N3O/c1-9-10(3-2-4-15-9)5-13-6-11-7-14-8-12(11)16/h2-4,11-14,16H,5-8H2,1H3. The van der Waals surface area contributed by atoms with Crippen molar-refractivity contribution in [1.29, 1.82) is 0 Å². The highest BCUT2D eigenvalue weighted by atomic mass is 16.3. The van der Waals surface area contributed by atoms with Gasteiger partial charge in [-0.3, -0.25) is 4.98 Å². The minimum atomic E-state index is -0.206. The fraction of sp³-hybridized carbons (Fsp3) is 0.583. The van der Waals surface area contributed by atoms with Gasteiger partial charge in [0, 0.05) is 44.0 Å². The molecule has 3 N–H and O–H groups in total. The Balaban J connectivity index is 1.78. The fourth-order valence-corrected chi connectivity index (χ4v) is 2.02. The van der Waals surface area contributed by atoms with Crippen molar-refractivity contribution in [3.63, 3.8) is 0 Å². The summed E-state index contributed by atoms with van der Waals surface area (Å²) in [5.41, 5.74) is 2.29. The minimum Gasteiger partial charge on any atom is -0.391 e. The third kappa shape index (κ3) is 2.78. The lowest BCUT2D eigenvalue weighted by atomic mass is 10.1. The van der Waals surface area contributed by atoms with E-state index in [9.17, 15) is 5.11 Å². The number of aryl methyl sites for hydroxylation is 1. The molecule has 0 aromatic carbocycles. The summed E-state index contributed by atoms with van der Waals surface area (Å²) in [5, 5.41) is 16.2. The van der Waals surface area contributed by atoms with Crippen molar-refractivity contribution < 1.29 is 5.11 Å². The minimum absolute atomic E-state index is 0.206. The van der Waals surface area contributed by atoms with Crippen LogP contribution in [0.5, 0.6) is 0 Å². The Bertz CT molecular complexity index is 343. The van der Waals surface area contributed by atoms with Gasteiger partial charge in [0.1, 0.15) is 0 Å². The van der Waals surface area contributed by atoms with Crippen molar-refractivity contribution in [3.05, 3.63) is 29.6 Å². The first-order valence-corrected chi connectivity index (χ1v) is 5.77. The molecule has 1 aromatic heterocycles. The van der Waals surface area contributed by atoms with Crippen LogP contribution in [0.1, 0.15) is 11.3 Å². The molecule has 16 heavy (non-hydrogen) atoms. The van der Waals surface area contributed by atoms with Gasteiger partial charge in [0.2, 0.25) is 0 Å². The van der Waals surface area contributed by atoms with Crippen molar-refractivity contribution >= 4 is 0 Å². The average Bonchev–Trinajstić information content (AvgIpc) is 2.67. The molecule has 4 heteroatoms. The Kier molecular flexibility index (Phi) is 3.88. The molecule has 0 amide bonds. The molecule has 1 saturated heterocycles. The summed E-state index contributed by atoms with van der Waals surface area (Å²) in [6, 6.07) is 4.04. The smallest absolute Gasteiger partial charge is 0.0716 e. The van der Waals surface area contributed by atoms with Gasteiger partial charge in [-0.25, -0.2) is 0 Å². The van der Waals surface area contributed by atoms with Gasteiger partial charge in [-0.2, -0.15) is 0 Å². The van der Waals surface area contributed by atoms with E-state index in [1.807, 2.05) is 19.2 Å². The Morgan fingerprint density at radius 3 is 3.12 bits per heavy atom. The van der Waals surface area contributed by atoms with Crippen LogP contribution in [0.15, 0.2) is 18.3 Å². The predicted octanol–water partition coefficient (Wildman–Crippen LogP) is 0.0599. The number of nitrogens with one attached hydrogen (secondary N) is 2. The Morgan fingerprint density at radius 1 is 1.56 bits per heavy atom. The summed E-state index contributed by atoms with van der Waals surface area (Å²) in [4.78, 5) is 4.24. The SMILES string of the molecule is Cc1ncccc1CNCC1CNCC1O. The second-order valence-electron chi connectivity index (χ2n) is 4.36. The summed E-state index contributed by atoms with van der Waals surface area (Å²) in [5.74, 6) is 0.331. The third-order valence-electron chi connectivity index (χ3n) is 3.14. The Morgan fingerprint density at radius 2 is 2.44 bits per heavy atom. The van der Waals surface area contributed by atoms with E-state index in [-0.39, 0.29) is 6.10 Å². The molecule has 0 aliphatic carbocycles. The van der Waals surface area contributed by atoms with Crippen LogP contribution in [-0.2, 0) is 6.54 Å². The van der Waals surface area contributed by atoms with Crippen LogP contribution in [0.4, 0.5) is 0 Å². The second kappa shape index (κ2) is 5.39. The van der Waals surface area contributed by atoms with Crippen molar-refractivity contribution in [2.75, 3.05) is 19.6 Å². The summed E-state index contributed by atoms with van der Waals surface area (Å²) in [7, 11) is 0. The molecule has 4 nitrogen and oxygen atoms in total. The van der Waals surface area contributed by atoms with E-state index in [0.717, 1.165) is 31.9 Å². The lowest BCUT2D eigenvalue weighted by molar-refractivity contribution is 0.146. The van der Waals surface area contributed by atoms with Crippen molar-refractivity contribution in [2.24, 2.45) is 5.92 Å².